The van der Waals surface area contributed by atoms with Gasteiger partial charge in [0.1, 0.15) is 0 Å². The van der Waals surface area contributed by atoms with E-state index < -0.39 is 75.0 Å². The monoisotopic (exact) mass is 507 g/mol. The first-order valence-corrected chi connectivity index (χ1v) is 8.48. The lowest BCUT2D eigenvalue weighted by Crippen LogP contribution is -2.65. The SMILES string of the molecule is O=C(C1=C([O-])c2cc(Cl)cc(Cl)c2C1)C1(C(F)(F)F)C(F)(F)C(F)(F)C(F)(F)C1(F)F. The smallest absolute Gasteiger partial charge is 0.414 e. The van der Waals surface area contributed by atoms with Crippen LogP contribution in [0.5, 0.6) is 0 Å². The molecule has 0 amide bonds. The summed E-state index contributed by atoms with van der Waals surface area (Å²) in [4.78, 5) is 12.4. The molecular formula is C16H4Cl2F11O2-. The van der Waals surface area contributed by atoms with Crippen molar-refractivity contribution < 1.29 is 58.2 Å². The number of carbonyl (C=O) groups is 1. The van der Waals surface area contributed by atoms with Gasteiger partial charge in [0, 0.05) is 16.5 Å². The zero-order valence-corrected chi connectivity index (χ0v) is 15.6. The van der Waals surface area contributed by atoms with Crippen molar-refractivity contribution in [2.75, 3.05) is 0 Å². The van der Waals surface area contributed by atoms with Crippen molar-refractivity contribution in [1.82, 2.24) is 0 Å². The van der Waals surface area contributed by atoms with Gasteiger partial charge in [-0.15, -0.1) is 0 Å². The van der Waals surface area contributed by atoms with Crippen LogP contribution in [-0.4, -0.2) is 35.6 Å². The average molecular weight is 508 g/mol. The van der Waals surface area contributed by atoms with Gasteiger partial charge in [-0.05, 0) is 28.8 Å². The van der Waals surface area contributed by atoms with E-state index in [1.807, 2.05) is 0 Å². The summed E-state index contributed by atoms with van der Waals surface area (Å²) in [5.74, 6) is -34.8. The molecule has 1 aromatic carbocycles. The lowest BCUT2D eigenvalue weighted by molar-refractivity contribution is -0.342. The van der Waals surface area contributed by atoms with Crippen molar-refractivity contribution in [1.29, 1.82) is 0 Å². The Hall–Kier alpha value is -1.76. The number of ketones is 1. The highest BCUT2D eigenvalue weighted by atomic mass is 35.5. The van der Waals surface area contributed by atoms with E-state index in [0.29, 0.717) is 6.07 Å². The normalized spacial score (nSPS) is 24.9. The van der Waals surface area contributed by atoms with E-state index in [2.05, 4.69) is 0 Å². The molecule has 172 valence electrons. The van der Waals surface area contributed by atoms with E-state index in [4.69, 9.17) is 23.2 Å². The Balaban J connectivity index is 2.37. The average Bonchev–Trinajstić information content (AvgIpc) is 2.92. The summed E-state index contributed by atoms with van der Waals surface area (Å²) in [6.45, 7) is 0. The second-order valence-corrected chi connectivity index (χ2v) is 7.62. The number of carbonyl (C=O) groups excluding carboxylic acids is 1. The van der Waals surface area contributed by atoms with Gasteiger partial charge in [-0.25, -0.2) is 0 Å². The van der Waals surface area contributed by atoms with Crippen molar-refractivity contribution in [3.8, 4) is 0 Å². The Morgan fingerprint density at radius 1 is 0.871 bits per heavy atom. The predicted molar refractivity (Wildman–Crippen MR) is 80.4 cm³/mol. The largest absolute Gasteiger partial charge is 0.872 e. The van der Waals surface area contributed by atoms with E-state index in [-0.39, 0.29) is 5.02 Å². The minimum atomic E-state index is -7.34. The molecular weight excluding hydrogens is 504 g/mol. The fourth-order valence-electron chi connectivity index (χ4n) is 3.65. The highest BCUT2D eigenvalue weighted by Gasteiger charge is 3.06. The lowest BCUT2D eigenvalue weighted by Gasteiger charge is -2.39. The van der Waals surface area contributed by atoms with Crippen molar-refractivity contribution >= 4 is 34.7 Å². The molecule has 0 bridgehead atoms. The fourth-order valence-corrected chi connectivity index (χ4v) is 4.21. The molecule has 0 aliphatic heterocycles. The van der Waals surface area contributed by atoms with Crippen LogP contribution >= 0.6 is 23.2 Å². The maximum absolute atomic E-state index is 14.2. The number of hydrogen-bond donors (Lipinski definition) is 0. The Morgan fingerprint density at radius 2 is 1.32 bits per heavy atom. The van der Waals surface area contributed by atoms with E-state index in [1.54, 1.807) is 0 Å². The maximum atomic E-state index is 14.2. The van der Waals surface area contributed by atoms with Gasteiger partial charge in [-0.3, -0.25) is 4.79 Å². The van der Waals surface area contributed by atoms with E-state index in [9.17, 15) is 58.2 Å². The van der Waals surface area contributed by atoms with Crippen LogP contribution in [0.2, 0.25) is 10.0 Å². The molecule has 1 saturated carbocycles. The van der Waals surface area contributed by atoms with Gasteiger partial charge in [0.25, 0.3) is 5.41 Å². The van der Waals surface area contributed by atoms with Crippen LogP contribution in [0, 0.1) is 5.41 Å². The third-order valence-corrected chi connectivity index (χ3v) is 5.75. The van der Waals surface area contributed by atoms with Crippen LogP contribution < -0.4 is 5.11 Å². The molecule has 0 saturated heterocycles. The Kier molecular flexibility index (Phi) is 4.76. The van der Waals surface area contributed by atoms with Gasteiger partial charge >= 0.3 is 29.9 Å². The minimum Gasteiger partial charge on any atom is -0.872 e. The van der Waals surface area contributed by atoms with E-state index >= 15 is 0 Å². The molecule has 0 spiro atoms. The Morgan fingerprint density at radius 3 is 1.74 bits per heavy atom. The lowest BCUT2D eigenvalue weighted by atomic mass is 9.72. The Bertz CT molecular complexity index is 1000. The number of allylic oxidation sites excluding steroid dienone is 1. The number of Topliss-reactive ketones (excluding diaryl/α,β-unsaturated/α-hetero) is 1. The number of hydrogen-bond acceptors (Lipinski definition) is 2. The predicted octanol–water partition coefficient (Wildman–Crippen LogP) is 5.29. The molecule has 1 aromatic rings. The topological polar surface area (TPSA) is 40.1 Å². The first kappa shape index (κ1) is 23.9. The molecule has 31 heavy (non-hydrogen) atoms. The van der Waals surface area contributed by atoms with Gasteiger partial charge in [-0.2, -0.15) is 48.3 Å². The zero-order valence-electron chi connectivity index (χ0n) is 14.1. The molecule has 0 unspecified atom stereocenters. The number of fused-ring (bicyclic) bond motifs is 1. The summed E-state index contributed by atoms with van der Waals surface area (Å²) in [6, 6.07) is 1.59. The van der Waals surface area contributed by atoms with Gasteiger partial charge < -0.3 is 5.11 Å². The van der Waals surface area contributed by atoms with Gasteiger partial charge in [0.2, 0.25) is 0 Å². The standard InChI is InChI=1S/C16H5Cl2F11O2/c17-4-1-6-5(8(18)2-4)3-7(9(6)30)10(31)11(16(27,28)29)12(19,20)14(23,24)15(25,26)13(11,21)22/h1-2,30H,3H2/p-1. The first-order valence-electron chi connectivity index (χ1n) is 7.73. The molecule has 0 heterocycles. The van der Waals surface area contributed by atoms with Crippen LogP contribution in [0.3, 0.4) is 0 Å². The van der Waals surface area contributed by atoms with Crippen LogP contribution in [0.15, 0.2) is 17.7 Å². The van der Waals surface area contributed by atoms with Gasteiger partial charge in [-0.1, -0.05) is 29.0 Å². The van der Waals surface area contributed by atoms with E-state index in [1.165, 1.54) is 0 Å². The third-order valence-electron chi connectivity index (χ3n) is 5.20. The molecule has 0 atom stereocenters. The summed E-state index contributed by atoms with van der Waals surface area (Å²) in [7, 11) is 0. The first-order chi connectivity index (χ1) is 13.7. The van der Waals surface area contributed by atoms with Crippen molar-refractivity contribution in [3.63, 3.8) is 0 Å². The molecule has 15 heteroatoms. The van der Waals surface area contributed by atoms with Crippen LogP contribution in [-0.2, 0) is 11.2 Å². The second-order valence-electron chi connectivity index (χ2n) is 6.77. The number of rotatable bonds is 2. The number of halogens is 13. The quantitative estimate of drug-likeness (QED) is 0.510. The van der Waals surface area contributed by atoms with Crippen LogP contribution in [0.25, 0.3) is 5.76 Å². The zero-order chi connectivity index (χ0) is 24.2. The van der Waals surface area contributed by atoms with Crippen molar-refractivity contribution in [2.24, 2.45) is 5.41 Å². The fraction of sp³-hybridized carbons (Fsp3) is 0.438. The van der Waals surface area contributed by atoms with Gasteiger partial charge in [0.15, 0.2) is 5.78 Å². The molecule has 0 N–H and O–H groups in total. The molecule has 1 fully saturated rings. The maximum Gasteiger partial charge on any atom is 0.414 e. The third kappa shape index (κ3) is 2.39. The summed E-state index contributed by atoms with van der Waals surface area (Å²) in [5.41, 5.74) is -10.2. The number of alkyl halides is 11. The van der Waals surface area contributed by atoms with Crippen molar-refractivity contribution in [2.45, 2.75) is 36.3 Å². The molecule has 0 radical (unpaired) electrons. The molecule has 2 nitrogen and oxygen atoms in total. The van der Waals surface area contributed by atoms with Crippen LogP contribution in [0.4, 0.5) is 48.3 Å². The molecule has 2 aliphatic rings. The summed E-state index contributed by atoms with van der Waals surface area (Å²) < 4.78 is 152. The molecule has 2 aliphatic carbocycles. The highest BCUT2D eigenvalue weighted by molar-refractivity contribution is 6.35. The van der Waals surface area contributed by atoms with Gasteiger partial charge in [0.05, 0.1) is 0 Å². The summed E-state index contributed by atoms with van der Waals surface area (Å²) >= 11 is 11.2. The van der Waals surface area contributed by atoms with Crippen LogP contribution in [0.1, 0.15) is 11.1 Å². The highest BCUT2D eigenvalue weighted by Crippen LogP contribution is 2.76. The van der Waals surface area contributed by atoms with Crippen molar-refractivity contribution in [3.05, 3.63) is 38.9 Å². The second kappa shape index (κ2) is 6.18. The summed E-state index contributed by atoms with van der Waals surface area (Å²) in [5, 5.41) is 11.5. The van der Waals surface area contributed by atoms with E-state index in [0.717, 1.165) is 6.07 Å². The molecule has 0 aromatic heterocycles. The number of benzene rings is 1. The Labute approximate surface area is 174 Å². The molecule has 3 rings (SSSR count). The summed E-state index contributed by atoms with van der Waals surface area (Å²) in [6.07, 6.45) is -8.73. The minimum absolute atomic E-state index is 0.342.